The average Bonchev–Trinajstić information content (AvgIpc) is 3.92. The number of para-hydroxylation sites is 5. The lowest BCUT2D eigenvalue weighted by molar-refractivity contribution is 0.302. The number of aromatic hydroxyl groups is 2. The van der Waals surface area contributed by atoms with E-state index in [0.717, 1.165) is 45.7 Å². The van der Waals surface area contributed by atoms with Crippen LogP contribution in [0.25, 0.3) is 33.4 Å². The van der Waals surface area contributed by atoms with Gasteiger partial charge in [0.2, 0.25) is 0 Å². The number of aromatic nitrogens is 6. The number of ether oxygens (including phenoxy) is 1. The van der Waals surface area contributed by atoms with Crippen LogP contribution in [0.4, 0.5) is 0 Å². The minimum atomic E-state index is -0.176. The summed E-state index contributed by atoms with van der Waals surface area (Å²) in [6.45, 7) is 15.6. The molecule has 0 fully saturated rings. The molecule has 0 aliphatic carbocycles. The highest BCUT2D eigenvalue weighted by molar-refractivity contribution is 5.80. The average molecular weight is 663 g/mol. The van der Waals surface area contributed by atoms with E-state index in [1.165, 1.54) is 43.1 Å². The number of nitrogens with zero attached hydrogens (tertiary/aromatic N) is 6. The highest BCUT2D eigenvalue weighted by atomic mass is 16.5. The third-order valence-electron chi connectivity index (χ3n) is 9.53. The maximum absolute atomic E-state index is 11.0. The fraction of sp³-hybridized carbons (Fsp3) is 0.400. The third-order valence-corrected chi connectivity index (χ3v) is 9.53. The summed E-state index contributed by atoms with van der Waals surface area (Å²) in [7, 11) is 0. The molecule has 8 aromatic rings. The van der Waals surface area contributed by atoms with Gasteiger partial charge in [-0.1, -0.05) is 117 Å². The first-order valence-corrected chi connectivity index (χ1v) is 17.7. The SMILES string of the molecule is CC(C)(C)c1cccc(-n2n3c4ccccc4n23)c1O.CCCCCCCCOc1cc(-n2n3c4ccccc4n23)c(O)c(C(C)(C)C)c1. The zero-order valence-corrected chi connectivity index (χ0v) is 29.9. The zero-order valence-electron chi connectivity index (χ0n) is 29.9. The topological polar surface area (TPSA) is 77.2 Å². The lowest BCUT2D eigenvalue weighted by atomic mass is 9.86. The molecule has 0 spiro atoms. The van der Waals surface area contributed by atoms with E-state index in [4.69, 9.17) is 4.74 Å². The molecule has 0 atom stereocenters. The summed E-state index contributed by atoms with van der Waals surface area (Å²) in [6.07, 6.45) is 7.47. The van der Waals surface area contributed by atoms with Crippen LogP contribution in [0.3, 0.4) is 0 Å². The van der Waals surface area contributed by atoms with Gasteiger partial charge in [-0.2, -0.15) is 0 Å². The Morgan fingerprint density at radius 3 is 1.51 bits per heavy atom. The zero-order chi connectivity index (χ0) is 34.7. The molecule has 9 nitrogen and oxygen atoms in total. The van der Waals surface area contributed by atoms with Gasteiger partial charge in [0.05, 0.1) is 6.61 Å². The van der Waals surface area contributed by atoms with Crippen molar-refractivity contribution in [1.29, 1.82) is 0 Å². The van der Waals surface area contributed by atoms with Crippen molar-refractivity contribution in [2.75, 3.05) is 6.61 Å². The van der Waals surface area contributed by atoms with E-state index in [2.05, 4.69) is 91.3 Å². The first-order chi connectivity index (χ1) is 23.4. The van der Waals surface area contributed by atoms with Crippen LogP contribution in [0.15, 0.2) is 78.9 Å². The van der Waals surface area contributed by atoms with Gasteiger partial charge in [0, 0.05) is 17.2 Å². The Hall–Kier alpha value is -4.92. The van der Waals surface area contributed by atoms with E-state index in [1.807, 2.05) is 64.2 Å². The van der Waals surface area contributed by atoms with E-state index in [0.29, 0.717) is 18.1 Å². The summed E-state index contributed by atoms with van der Waals surface area (Å²) < 4.78 is 14.3. The van der Waals surface area contributed by atoms with Gasteiger partial charge in [-0.05, 0) is 53.6 Å². The number of hydrogen-bond acceptors (Lipinski definition) is 3. The molecular formula is C40H50N6O3. The molecule has 0 aliphatic heterocycles. The maximum atomic E-state index is 11.0. The van der Waals surface area contributed by atoms with Crippen LogP contribution in [-0.2, 0) is 10.8 Å². The van der Waals surface area contributed by atoms with Crippen molar-refractivity contribution in [3.63, 3.8) is 0 Å². The first kappa shape index (κ1) is 32.6. The molecule has 0 bridgehead atoms. The van der Waals surface area contributed by atoms with Gasteiger partial charge < -0.3 is 14.9 Å². The second kappa shape index (κ2) is 12.2. The Labute approximate surface area is 287 Å². The summed E-state index contributed by atoms with van der Waals surface area (Å²) in [5.41, 5.74) is 7.88. The van der Waals surface area contributed by atoms with Crippen LogP contribution in [0.1, 0.15) is 98.1 Å². The van der Waals surface area contributed by atoms with Gasteiger partial charge in [0.1, 0.15) is 50.7 Å². The largest absolute Gasteiger partial charge is 0.505 e. The predicted octanol–water partition coefficient (Wildman–Crippen LogP) is 9.59. The lowest BCUT2D eigenvalue weighted by Gasteiger charge is -2.22. The fourth-order valence-electron chi connectivity index (χ4n) is 6.77. The summed E-state index contributed by atoms with van der Waals surface area (Å²) in [5, 5.41) is 21.6. The standard InChI is InChI=1S/C24H33N3O2.C16H17N3O/c1-5-6-7-8-9-12-15-29-18-16-19(24(2,3)4)23(28)22(17-18)27-25-20-13-10-11-14-21(20)26(25)27;1-16(2,3)11-7-6-10-14(15(11)20)19-17-12-8-4-5-9-13(12)18(17)19/h10-11,13-14,16-17,28H,5-9,12,15H2,1-4H3;4-10,20H,1-3H3. The fourth-order valence-corrected chi connectivity index (χ4v) is 6.77. The Morgan fingerprint density at radius 2 is 1.00 bits per heavy atom. The summed E-state index contributed by atoms with van der Waals surface area (Å²) in [6, 6.07) is 26.4. The van der Waals surface area contributed by atoms with E-state index in [1.54, 1.807) is 0 Å². The molecule has 4 heterocycles. The van der Waals surface area contributed by atoms with Crippen LogP contribution >= 0.6 is 0 Å². The quantitative estimate of drug-likeness (QED) is 0.143. The highest BCUT2D eigenvalue weighted by Crippen LogP contribution is 2.41. The van der Waals surface area contributed by atoms with Gasteiger partial charge in [-0.25, -0.2) is 0 Å². The van der Waals surface area contributed by atoms with Gasteiger partial charge in [-0.3, -0.25) is 0 Å². The van der Waals surface area contributed by atoms with E-state index in [9.17, 15) is 10.2 Å². The molecule has 0 amide bonds. The maximum Gasteiger partial charge on any atom is 0.147 e. The highest BCUT2D eigenvalue weighted by Gasteiger charge is 2.30. The molecule has 258 valence electrons. The molecule has 0 unspecified atom stereocenters. The van der Waals surface area contributed by atoms with Crippen molar-refractivity contribution in [2.45, 2.75) is 97.8 Å². The smallest absolute Gasteiger partial charge is 0.147 e. The van der Waals surface area contributed by atoms with E-state index >= 15 is 0 Å². The van der Waals surface area contributed by atoms with Gasteiger partial charge in [-0.15, -0.1) is 28.1 Å². The van der Waals surface area contributed by atoms with Gasteiger partial charge in [0.25, 0.3) is 0 Å². The Kier molecular flexibility index (Phi) is 8.12. The monoisotopic (exact) mass is 662 g/mol. The molecule has 4 aromatic carbocycles. The number of unbranched alkanes of at least 4 members (excludes halogenated alkanes) is 5. The van der Waals surface area contributed by atoms with Crippen LogP contribution in [-0.4, -0.2) is 44.9 Å². The molecule has 0 saturated carbocycles. The molecule has 0 saturated heterocycles. The van der Waals surface area contributed by atoms with Crippen molar-refractivity contribution in [3.05, 3.63) is 90.0 Å². The third kappa shape index (κ3) is 5.79. The Morgan fingerprint density at radius 1 is 0.531 bits per heavy atom. The Balaban J connectivity index is 0.000000165. The first-order valence-electron chi connectivity index (χ1n) is 17.7. The molecule has 2 N–H and O–H groups in total. The molecule has 0 radical (unpaired) electrons. The second-order valence-corrected chi connectivity index (χ2v) is 15.3. The molecular weight excluding hydrogens is 612 g/mol. The lowest BCUT2D eigenvalue weighted by Crippen LogP contribution is -2.13. The number of phenolic OH excluding ortho intramolecular Hbond substituents is 2. The molecule has 4 aromatic heterocycles. The predicted molar refractivity (Wildman–Crippen MR) is 197 cm³/mol. The van der Waals surface area contributed by atoms with Crippen molar-refractivity contribution in [2.24, 2.45) is 0 Å². The van der Waals surface area contributed by atoms with Crippen LogP contribution < -0.4 is 4.74 Å². The minimum Gasteiger partial charge on any atom is -0.505 e. The van der Waals surface area contributed by atoms with Gasteiger partial charge in [0.15, 0.2) is 0 Å². The molecule has 9 heteroatoms. The summed E-state index contributed by atoms with van der Waals surface area (Å²) in [4.78, 5) is 4.00. The summed E-state index contributed by atoms with van der Waals surface area (Å²) in [5.74, 6) is 1.51. The van der Waals surface area contributed by atoms with Crippen molar-refractivity contribution in [1.82, 2.24) is 28.1 Å². The molecule has 0 aliphatic rings. The van der Waals surface area contributed by atoms with Gasteiger partial charge >= 0.3 is 0 Å². The van der Waals surface area contributed by atoms with Crippen molar-refractivity contribution in [3.8, 4) is 28.6 Å². The van der Waals surface area contributed by atoms with Crippen molar-refractivity contribution < 1.29 is 14.9 Å². The van der Waals surface area contributed by atoms with E-state index in [-0.39, 0.29) is 10.8 Å². The van der Waals surface area contributed by atoms with Crippen LogP contribution in [0.5, 0.6) is 17.2 Å². The molecule has 49 heavy (non-hydrogen) atoms. The Bertz CT molecular complexity index is 2220. The number of fused-ring (bicyclic) bond motifs is 8. The number of rotatable bonds is 10. The van der Waals surface area contributed by atoms with Crippen LogP contribution in [0, 0.1) is 0 Å². The normalized spacial score (nSPS) is 12.7. The minimum absolute atomic E-state index is 0.0767. The van der Waals surface area contributed by atoms with Crippen molar-refractivity contribution >= 4 is 22.1 Å². The number of phenols is 2. The molecule has 8 rings (SSSR count). The van der Waals surface area contributed by atoms with E-state index < -0.39 is 0 Å². The summed E-state index contributed by atoms with van der Waals surface area (Å²) >= 11 is 0. The van der Waals surface area contributed by atoms with Crippen LogP contribution in [0.2, 0.25) is 0 Å². The second-order valence-electron chi connectivity index (χ2n) is 15.3. The number of benzene rings is 4. The number of hydrogen-bond donors (Lipinski definition) is 2.